The second kappa shape index (κ2) is 10.8. The number of benzene rings is 2. The number of carbonyl (C=O) groups is 3. The molecule has 1 atom stereocenters. The van der Waals surface area contributed by atoms with Gasteiger partial charge in [-0.1, -0.05) is 24.3 Å². The van der Waals surface area contributed by atoms with Gasteiger partial charge in [-0.3, -0.25) is 14.4 Å². The molecule has 2 fully saturated rings. The van der Waals surface area contributed by atoms with Crippen molar-refractivity contribution in [2.45, 2.75) is 45.1 Å². The summed E-state index contributed by atoms with van der Waals surface area (Å²) in [7, 11) is 0. The Morgan fingerprint density at radius 1 is 0.912 bits per heavy atom. The summed E-state index contributed by atoms with van der Waals surface area (Å²) < 4.78 is 13.6. The SMILES string of the molecule is Cc1ccccc1C(=O)N[C@@H](C(=O)N1CCCCC1)C1CCN(C(=O)c2cccc(F)c2)CC1. The lowest BCUT2D eigenvalue weighted by molar-refractivity contribution is -0.136. The first-order chi connectivity index (χ1) is 16.4. The summed E-state index contributed by atoms with van der Waals surface area (Å²) >= 11 is 0. The predicted molar refractivity (Wildman–Crippen MR) is 128 cm³/mol. The monoisotopic (exact) mass is 465 g/mol. The quantitative estimate of drug-likeness (QED) is 0.730. The zero-order valence-electron chi connectivity index (χ0n) is 19.6. The first kappa shape index (κ1) is 23.9. The third-order valence-electron chi connectivity index (χ3n) is 6.98. The van der Waals surface area contributed by atoms with Gasteiger partial charge in [0.25, 0.3) is 11.8 Å². The van der Waals surface area contributed by atoms with Crippen molar-refractivity contribution >= 4 is 17.7 Å². The van der Waals surface area contributed by atoms with Crippen molar-refractivity contribution in [3.8, 4) is 0 Å². The Morgan fingerprint density at radius 2 is 1.62 bits per heavy atom. The Balaban J connectivity index is 1.47. The molecule has 0 spiro atoms. The molecule has 2 aromatic rings. The minimum Gasteiger partial charge on any atom is -0.341 e. The van der Waals surface area contributed by atoms with Crippen molar-refractivity contribution in [3.63, 3.8) is 0 Å². The fraction of sp³-hybridized carbons (Fsp3) is 0.444. The van der Waals surface area contributed by atoms with Gasteiger partial charge in [0, 0.05) is 37.3 Å². The number of likely N-dealkylation sites (tertiary alicyclic amines) is 2. The topological polar surface area (TPSA) is 69.7 Å². The van der Waals surface area contributed by atoms with E-state index in [1.165, 1.54) is 18.2 Å². The zero-order chi connectivity index (χ0) is 24.1. The van der Waals surface area contributed by atoms with Crippen molar-refractivity contribution in [3.05, 3.63) is 71.0 Å². The maximum absolute atomic E-state index is 13.6. The lowest BCUT2D eigenvalue weighted by Gasteiger charge is -2.38. The Hall–Kier alpha value is -3.22. The molecule has 0 radical (unpaired) electrons. The van der Waals surface area contributed by atoms with Gasteiger partial charge in [-0.2, -0.15) is 0 Å². The van der Waals surface area contributed by atoms with Crippen LogP contribution in [0.4, 0.5) is 4.39 Å². The van der Waals surface area contributed by atoms with Gasteiger partial charge in [0.1, 0.15) is 11.9 Å². The normalized spacial score (nSPS) is 17.8. The molecular formula is C27H32FN3O3. The molecule has 2 aliphatic rings. The van der Waals surface area contributed by atoms with Gasteiger partial charge >= 0.3 is 0 Å². The van der Waals surface area contributed by atoms with E-state index in [-0.39, 0.29) is 23.6 Å². The largest absolute Gasteiger partial charge is 0.341 e. The number of amides is 3. The highest BCUT2D eigenvalue weighted by Crippen LogP contribution is 2.25. The van der Waals surface area contributed by atoms with E-state index in [1.807, 2.05) is 30.0 Å². The maximum atomic E-state index is 13.6. The lowest BCUT2D eigenvalue weighted by Crippen LogP contribution is -2.55. The van der Waals surface area contributed by atoms with Crippen LogP contribution in [0.15, 0.2) is 48.5 Å². The molecular weight excluding hydrogens is 433 g/mol. The number of nitrogens with one attached hydrogen (secondary N) is 1. The average Bonchev–Trinajstić information content (AvgIpc) is 2.87. The van der Waals surface area contributed by atoms with Crippen LogP contribution in [-0.2, 0) is 4.79 Å². The highest BCUT2D eigenvalue weighted by Gasteiger charge is 2.36. The number of rotatable bonds is 5. The first-order valence-corrected chi connectivity index (χ1v) is 12.1. The van der Waals surface area contributed by atoms with E-state index >= 15 is 0 Å². The first-order valence-electron chi connectivity index (χ1n) is 12.1. The summed E-state index contributed by atoms with van der Waals surface area (Å²) in [5.41, 5.74) is 1.75. The fourth-order valence-electron chi connectivity index (χ4n) is 4.98. The van der Waals surface area contributed by atoms with E-state index in [2.05, 4.69) is 5.32 Å². The van der Waals surface area contributed by atoms with Gasteiger partial charge in [-0.15, -0.1) is 0 Å². The molecule has 180 valence electrons. The Labute approximate surface area is 200 Å². The summed E-state index contributed by atoms with van der Waals surface area (Å²) in [6, 6.07) is 12.4. The molecule has 0 aromatic heterocycles. The third-order valence-corrected chi connectivity index (χ3v) is 6.98. The smallest absolute Gasteiger partial charge is 0.253 e. The van der Waals surface area contributed by atoms with Gasteiger partial charge in [-0.05, 0) is 74.8 Å². The van der Waals surface area contributed by atoms with Crippen LogP contribution < -0.4 is 5.32 Å². The molecule has 1 N–H and O–H groups in total. The molecule has 6 nitrogen and oxygen atoms in total. The summed E-state index contributed by atoms with van der Waals surface area (Å²) in [5, 5.41) is 3.04. The van der Waals surface area contributed by atoms with Crippen LogP contribution in [0.1, 0.15) is 58.4 Å². The van der Waals surface area contributed by atoms with Gasteiger partial charge < -0.3 is 15.1 Å². The number of carbonyl (C=O) groups excluding carboxylic acids is 3. The average molecular weight is 466 g/mol. The van der Waals surface area contributed by atoms with E-state index in [0.717, 1.165) is 24.8 Å². The van der Waals surface area contributed by atoms with E-state index < -0.39 is 11.9 Å². The van der Waals surface area contributed by atoms with Gasteiger partial charge in [0.15, 0.2) is 0 Å². The number of piperidine rings is 2. The molecule has 2 heterocycles. The van der Waals surface area contributed by atoms with Gasteiger partial charge in [0.05, 0.1) is 0 Å². The van der Waals surface area contributed by atoms with Crippen LogP contribution in [-0.4, -0.2) is 59.7 Å². The zero-order valence-corrected chi connectivity index (χ0v) is 19.6. The summed E-state index contributed by atoms with van der Waals surface area (Å²) in [5.74, 6) is -0.991. The molecule has 0 bridgehead atoms. The number of halogens is 1. The standard InChI is InChI=1S/C27H32FN3O3/c1-19-8-3-4-11-23(19)25(32)29-24(27(34)30-14-5-2-6-15-30)20-12-16-31(17-13-20)26(33)21-9-7-10-22(28)18-21/h3-4,7-11,18,20,24H,2,5-6,12-17H2,1H3,(H,29,32)/t24-/m1/s1. The number of hydrogen-bond donors (Lipinski definition) is 1. The van der Waals surface area contributed by atoms with Crippen molar-refractivity contribution < 1.29 is 18.8 Å². The second-order valence-electron chi connectivity index (χ2n) is 9.29. The molecule has 34 heavy (non-hydrogen) atoms. The molecule has 2 aromatic carbocycles. The Morgan fingerprint density at radius 3 is 2.29 bits per heavy atom. The van der Waals surface area contributed by atoms with Crippen molar-refractivity contribution in [1.82, 2.24) is 15.1 Å². The lowest BCUT2D eigenvalue weighted by atomic mass is 9.87. The summed E-state index contributed by atoms with van der Waals surface area (Å²) in [6.45, 7) is 4.24. The highest BCUT2D eigenvalue weighted by atomic mass is 19.1. The van der Waals surface area contributed by atoms with Gasteiger partial charge in [0.2, 0.25) is 5.91 Å². The van der Waals surface area contributed by atoms with Crippen molar-refractivity contribution in [2.75, 3.05) is 26.2 Å². The number of hydrogen-bond acceptors (Lipinski definition) is 3. The van der Waals surface area contributed by atoms with Crippen LogP contribution in [0.2, 0.25) is 0 Å². The molecule has 3 amide bonds. The number of aryl methyl sites for hydroxylation is 1. The minimum absolute atomic E-state index is 0.0310. The second-order valence-corrected chi connectivity index (χ2v) is 9.29. The van der Waals surface area contributed by atoms with E-state index in [0.29, 0.717) is 50.1 Å². The van der Waals surface area contributed by atoms with Crippen LogP contribution in [0, 0.1) is 18.7 Å². The van der Waals surface area contributed by atoms with Crippen LogP contribution in [0.5, 0.6) is 0 Å². The number of nitrogens with zero attached hydrogens (tertiary/aromatic N) is 2. The predicted octanol–water partition coefficient (Wildman–Crippen LogP) is 3.80. The van der Waals surface area contributed by atoms with E-state index in [1.54, 1.807) is 17.0 Å². The molecule has 4 rings (SSSR count). The minimum atomic E-state index is -0.628. The fourth-order valence-corrected chi connectivity index (χ4v) is 4.98. The van der Waals surface area contributed by atoms with Crippen molar-refractivity contribution in [1.29, 1.82) is 0 Å². The van der Waals surface area contributed by atoms with E-state index in [9.17, 15) is 18.8 Å². The van der Waals surface area contributed by atoms with E-state index in [4.69, 9.17) is 0 Å². The molecule has 0 unspecified atom stereocenters. The molecule has 7 heteroatoms. The third kappa shape index (κ3) is 5.46. The Bertz CT molecular complexity index is 1040. The Kier molecular flexibility index (Phi) is 7.60. The highest BCUT2D eigenvalue weighted by molar-refractivity contribution is 5.99. The summed E-state index contributed by atoms with van der Waals surface area (Å²) in [4.78, 5) is 43.0. The molecule has 2 saturated heterocycles. The van der Waals surface area contributed by atoms with Crippen LogP contribution in [0.3, 0.4) is 0 Å². The van der Waals surface area contributed by atoms with Crippen LogP contribution >= 0.6 is 0 Å². The van der Waals surface area contributed by atoms with Gasteiger partial charge in [-0.25, -0.2) is 4.39 Å². The molecule has 0 saturated carbocycles. The van der Waals surface area contributed by atoms with Crippen LogP contribution in [0.25, 0.3) is 0 Å². The maximum Gasteiger partial charge on any atom is 0.253 e. The summed E-state index contributed by atoms with van der Waals surface area (Å²) in [6.07, 6.45) is 4.26. The molecule has 0 aliphatic carbocycles. The molecule has 2 aliphatic heterocycles. The van der Waals surface area contributed by atoms with Crippen molar-refractivity contribution in [2.24, 2.45) is 5.92 Å².